The number of nitrogens with zero attached hydrogens (tertiary/aromatic N) is 3. The molecule has 1 saturated heterocycles. The van der Waals surface area contributed by atoms with Crippen LogP contribution in [0.3, 0.4) is 0 Å². The van der Waals surface area contributed by atoms with Crippen molar-refractivity contribution in [3.8, 4) is 5.88 Å². The molecule has 104 valence electrons. The number of imide groups is 1. The molecule has 2 heterocycles. The van der Waals surface area contributed by atoms with E-state index in [9.17, 15) is 9.59 Å². The standard InChI is InChI=1S/C12H18N4O3/c1-7-8(12(19-4)16(3)14-7)6-13-9-5-10(17)15(2)11(9)18/h9,13H,5-6H2,1-4H3. The van der Waals surface area contributed by atoms with E-state index in [1.54, 1.807) is 18.8 Å². The van der Waals surface area contributed by atoms with Crippen LogP contribution in [0.1, 0.15) is 17.7 Å². The van der Waals surface area contributed by atoms with Gasteiger partial charge >= 0.3 is 0 Å². The van der Waals surface area contributed by atoms with Gasteiger partial charge in [0.05, 0.1) is 30.8 Å². The first-order chi connectivity index (χ1) is 8.95. The Morgan fingerprint density at radius 2 is 2.11 bits per heavy atom. The Hall–Kier alpha value is -1.89. The molecule has 0 radical (unpaired) electrons. The van der Waals surface area contributed by atoms with Gasteiger partial charge in [-0.3, -0.25) is 14.5 Å². The first kappa shape index (κ1) is 13.5. The lowest BCUT2D eigenvalue weighted by molar-refractivity contribution is -0.137. The van der Waals surface area contributed by atoms with Crippen LogP contribution in [-0.4, -0.2) is 46.7 Å². The minimum atomic E-state index is -0.457. The summed E-state index contributed by atoms with van der Waals surface area (Å²) >= 11 is 0. The molecule has 1 aliphatic heterocycles. The largest absolute Gasteiger partial charge is 0.481 e. The quantitative estimate of drug-likeness (QED) is 0.749. The Morgan fingerprint density at radius 1 is 1.42 bits per heavy atom. The SMILES string of the molecule is COc1c(CNC2CC(=O)N(C)C2=O)c(C)nn1C. The lowest BCUT2D eigenvalue weighted by Crippen LogP contribution is -2.36. The molecule has 7 nitrogen and oxygen atoms in total. The van der Waals surface area contributed by atoms with Gasteiger partial charge in [0.25, 0.3) is 0 Å². The van der Waals surface area contributed by atoms with E-state index in [-0.39, 0.29) is 18.2 Å². The van der Waals surface area contributed by atoms with Crippen molar-refractivity contribution in [1.29, 1.82) is 0 Å². The molecular weight excluding hydrogens is 248 g/mol. The smallest absolute Gasteiger partial charge is 0.246 e. The number of carbonyl (C=O) groups is 2. The van der Waals surface area contributed by atoms with E-state index in [1.807, 2.05) is 6.92 Å². The predicted molar refractivity (Wildman–Crippen MR) is 67.5 cm³/mol. The number of aromatic nitrogens is 2. The highest BCUT2D eigenvalue weighted by Crippen LogP contribution is 2.21. The van der Waals surface area contributed by atoms with Gasteiger partial charge in [0.15, 0.2) is 0 Å². The van der Waals surface area contributed by atoms with Crippen molar-refractivity contribution in [2.45, 2.75) is 25.9 Å². The van der Waals surface area contributed by atoms with Gasteiger partial charge < -0.3 is 10.1 Å². The number of aryl methyl sites for hydroxylation is 2. The van der Waals surface area contributed by atoms with E-state index in [4.69, 9.17) is 4.74 Å². The fourth-order valence-electron chi connectivity index (χ4n) is 2.28. The molecule has 1 aromatic rings. The van der Waals surface area contributed by atoms with Crippen LogP contribution in [0.5, 0.6) is 5.88 Å². The number of hydrogen-bond acceptors (Lipinski definition) is 5. The van der Waals surface area contributed by atoms with Gasteiger partial charge in [-0.25, -0.2) is 4.68 Å². The Labute approximate surface area is 111 Å². The molecule has 0 spiro atoms. The Balaban J connectivity index is 2.08. The Bertz CT molecular complexity index is 523. The molecule has 7 heteroatoms. The maximum atomic E-state index is 11.8. The van der Waals surface area contributed by atoms with Crippen LogP contribution in [0.4, 0.5) is 0 Å². The minimum absolute atomic E-state index is 0.155. The zero-order valence-electron chi connectivity index (χ0n) is 11.6. The average molecular weight is 266 g/mol. The van der Waals surface area contributed by atoms with E-state index in [1.165, 1.54) is 7.05 Å². The summed E-state index contributed by atoms with van der Waals surface area (Å²) in [5, 5.41) is 7.36. The maximum absolute atomic E-state index is 11.8. The predicted octanol–water partition coefficient (Wildman–Crippen LogP) is -0.416. The van der Waals surface area contributed by atoms with Gasteiger partial charge in [0.2, 0.25) is 17.7 Å². The monoisotopic (exact) mass is 266 g/mol. The summed E-state index contributed by atoms with van der Waals surface area (Å²) in [4.78, 5) is 24.4. The van der Waals surface area contributed by atoms with E-state index >= 15 is 0 Å². The van der Waals surface area contributed by atoms with E-state index < -0.39 is 6.04 Å². The highest BCUT2D eigenvalue weighted by atomic mass is 16.5. The van der Waals surface area contributed by atoms with E-state index in [2.05, 4.69) is 10.4 Å². The fourth-order valence-corrected chi connectivity index (χ4v) is 2.28. The first-order valence-electron chi connectivity index (χ1n) is 6.06. The van der Waals surface area contributed by atoms with Crippen molar-refractivity contribution in [1.82, 2.24) is 20.0 Å². The van der Waals surface area contributed by atoms with Gasteiger partial charge in [-0.1, -0.05) is 0 Å². The van der Waals surface area contributed by atoms with Crippen molar-refractivity contribution in [2.75, 3.05) is 14.2 Å². The number of methoxy groups -OCH3 is 1. The third-order valence-electron chi connectivity index (χ3n) is 3.39. The summed E-state index contributed by atoms with van der Waals surface area (Å²) in [5.41, 5.74) is 1.75. The molecule has 0 aliphatic carbocycles. The molecular formula is C12H18N4O3. The zero-order valence-corrected chi connectivity index (χ0v) is 11.6. The third-order valence-corrected chi connectivity index (χ3v) is 3.39. The van der Waals surface area contributed by atoms with Crippen molar-refractivity contribution < 1.29 is 14.3 Å². The lowest BCUT2D eigenvalue weighted by Gasteiger charge is -2.11. The van der Waals surface area contributed by atoms with Crippen LogP contribution < -0.4 is 10.1 Å². The number of likely N-dealkylation sites (tertiary alicyclic amines) is 1. The Kier molecular flexibility index (Phi) is 3.57. The number of hydrogen-bond donors (Lipinski definition) is 1. The molecule has 1 atom stereocenters. The highest BCUT2D eigenvalue weighted by molar-refractivity contribution is 6.05. The average Bonchev–Trinajstić information content (AvgIpc) is 2.77. The molecule has 2 rings (SSSR count). The van der Waals surface area contributed by atoms with E-state index in [0.717, 1.165) is 16.2 Å². The second kappa shape index (κ2) is 5.00. The second-order valence-corrected chi connectivity index (χ2v) is 4.63. The van der Waals surface area contributed by atoms with Crippen LogP contribution in [0.25, 0.3) is 0 Å². The third kappa shape index (κ3) is 2.33. The normalized spacial score (nSPS) is 19.4. The summed E-state index contributed by atoms with van der Waals surface area (Å²) in [7, 11) is 4.88. The maximum Gasteiger partial charge on any atom is 0.246 e. The number of ether oxygens (including phenoxy) is 1. The fraction of sp³-hybridized carbons (Fsp3) is 0.583. The second-order valence-electron chi connectivity index (χ2n) is 4.63. The first-order valence-corrected chi connectivity index (χ1v) is 6.06. The molecule has 0 aromatic carbocycles. The molecule has 1 unspecified atom stereocenters. The Morgan fingerprint density at radius 3 is 2.63 bits per heavy atom. The van der Waals surface area contributed by atoms with Crippen LogP contribution in [0.2, 0.25) is 0 Å². The van der Waals surface area contributed by atoms with Crippen LogP contribution in [0.15, 0.2) is 0 Å². The summed E-state index contributed by atoms with van der Waals surface area (Å²) in [6.07, 6.45) is 0.205. The number of nitrogens with one attached hydrogen (secondary N) is 1. The van der Waals surface area contributed by atoms with Crippen molar-refractivity contribution >= 4 is 11.8 Å². The van der Waals surface area contributed by atoms with E-state index in [0.29, 0.717) is 12.4 Å². The van der Waals surface area contributed by atoms with Crippen LogP contribution in [-0.2, 0) is 23.2 Å². The van der Waals surface area contributed by atoms with Crippen molar-refractivity contribution in [3.05, 3.63) is 11.3 Å². The number of rotatable bonds is 4. The number of likely N-dealkylation sites (N-methyl/N-ethyl adjacent to an activating group) is 1. The topological polar surface area (TPSA) is 76.5 Å². The molecule has 1 aliphatic rings. The molecule has 1 N–H and O–H groups in total. The van der Waals surface area contributed by atoms with Gasteiger partial charge in [-0.05, 0) is 6.92 Å². The van der Waals surface area contributed by atoms with Gasteiger partial charge in [-0.2, -0.15) is 5.10 Å². The van der Waals surface area contributed by atoms with Gasteiger partial charge in [0.1, 0.15) is 0 Å². The number of carbonyl (C=O) groups excluding carboxylic acids is 2. The molecule has 2 amide bonds. The summed E-state index contributed by atoms with van der Waals surface area (Å²) < 4.78 is 6.93. The zero-order chi connectivity index (χ0) is 14.2. The molecule has 1 fully saturated rings. The van der Waals surface area contributed by atoms with Gasteiger partial charge in [-0.15, -0.1) is 0 Å². The van der Waals surface area contributed by atoms with Crippen molar-refractivity contribution in [3.63, 3.8) is 0 Å². The summed E-state index contributed by atoms with van der Waals surface area (Å²) in [6.45, 7) is 2.33. The lowest BCUT2D eigenvalue weighted by atomic mass is 10.2. The number of amides is 2. The molecule has 19 heavy (non-hydrogen) atoms. The molecule has 1 aromatic heterocycles. The molecule has 0 saturated carbocycles. The van der Waals surface area contributed by atoms with Crippen LogP contribution in [0, 0.1) is 6.92 Å². The summed E-state index contributed by atoms with van der Waals surface area (Å²) in [6, 6.07) is -0.457. The van der Waals surface area contributed by atoms with Crippen LogP contribution >= 0.6 is 0 Å². The van der Waals surface area contributed by atoms with Gasteiger partial charge in [0, 0.05) is 20.6 Å². The van der Waals surface area contributed by atoms with Crippen molar-refractivity contribution in [2.24, 2.45) is 7.05 Å². The highest BCUT2D eigenvalue weighted by Gasteiger charge is 2.35. The minimum Gasteiger partial charge on any atom is -0.481 e. The molecule has 0 bridgehead atoms. The summed E-state index contributed by atoms with van der Waals surface area (Å²) in [5.74, 6) is 0.318.